The Labute approximate surface area is 226 Å². The van der Waals surface area contributed by atoms with Crippen LogP contribution in [0.1, 0.15) is 47.8 Å². The van der Waals surface area contributed by atoms with Crippen molar-refractivity contribution in [1.29, 1.82) is 0 Å². The molecule has 0 amide bonds. The van der Waals surface area contributed by atoms with Gasteiger partial charge in [-0.05, 0) is 80.2 Å². The number of ketones is 1. The Morgan fingerprint density at radius 3 is 2.42 bits per heavy atom. The van der Waals surface area contributed by atoms with E-state index in [2.05, 4.69) is 15.2 Å². The highest BCUT2D eigenvalue weighted by Crippen LogP contribution is 2.34. The number of pyridine rings is 1. The molecule has 3 atom stereocenters. The number of likely N-dealkylation sites (tertiary alicyclic amines) is 1. The number of hydrogen-bond donors (Lipinski definition) is 3. The molecule has 38 heavy (non-hydrogen) atoms. The first kappa shape index (κ1) is 26.7. The lowest BCUT2D eigenvalue weighted by atomic mass is 10.0. The second-order valence-electron chi connectivity index (χ2n) is 9.94. The molecule has 2 fully saturated rings. The maximum absolute atomic E-state index is 13.2. The molecule has 2 aromatic carbocycles. The van der Waals surface area contributed by atoms with Gasteiger partial charge in [-0.25, -0.2) is 4.39 Å². The molecule has 0 bridgehead atoms. The highest BCUT2D eigenvalue weighted by atomic mass is 35.5. The van der Waals surface area contributed by atoms with E-state index in [1.165, 1.54) is 24.4 Å². The zero-order valence-electron chi connectivity index (χ0n) is 20.9. The Hall–Kier alpha value is -2.88. The minimum atomic E-state index is -1.57. The molecule has 1 aromatic heterocycles. The number of nitrogens with zero attached hydrogens (tertiary/aromatic N) is 2. The van der Waals surface area contributed by atoms with Crippen molar-refractivity contribution in [3.63, 3.8) is 0 Å². The Kier molecular flexibility index (Phi) is 8.35. The summed E-state index contributed by atoms with van der Waals surface area (Å²) in [6.07, 6.45) is 3.26. The van der Waals surface area contributed by atoms with E-state index in [-0.39, 0.29) is 17.6 Å². The van der Waals surface area contributed by atoms with Crippen molar-refractivity contribution in [2.75, 3.05) is 19.6 Å². The van der Waals surface area contributed by atoms with Crippen LogP contribution in [-0.4, -0.2) is 63.9 Å². The number of benzene rings is 2. The van der Waals surface area contributed by atoms with Crippen molar-refractivity contribution < 1.29 is 24.1 Å². The number of aromatic nitrogens is 1. The van der Waals surface area contributed by atoms with Crippen LogP contribution < -0.4 is 10.1 Å². The second kappa shape index (κ2) is 11.9. The van der Waals surface area contributed by atoms with Crippen LogP contribution in [0.25, 0.3) is 11.1 Å². The van der Waals surface area contributed by atoms with E-state index in [1.807, 2.05) is 0 Å². The predicted octanol–water partition coefficient (Wildman–Crippen LogP) is 4.37. The van der Waals surface area contributed by atoms with Crippen molar-refractivity contribution in [1.82, 2.24) is 15.2 Å². The van der Waals surface area contributed by atoms with Gasteiger partial charge in [-0.1, -0.05) is 35.9 Å². The van der Waals surface area contributed by atoms with Gasteiger partial charge in [0.15, 0.2) is 6.23 Å². The molecule has 1 aliphatic carbocycles. The van der Waals surface area contributed by atoms with Crippen LogP contribution in [0.2, 0.25) is 5.02 Å². The van der Waals surface area contributed by atoms with E-state index >= 15 is 0 Å². The molecular weight excluding hydrogens is 509 g/mol. The lowest BCUT2D eigenvalue weighted by molar-refractivity contribution is 0.0422. The first-order valence-electron chi connectivity index (χ1n) is 12.9. The van der Waals surface area contributed by atoms with Gasteiger partial charge in [0, 0.05) is 18.3 Å². The number of carbonyl (C=O) groups excluding carboxylic acids is 1. The zero-order chi connectivity index (χ0) is 26.6. The number of hydrogen-bond acceptors (Lipinski definition) is 7. The van der Waals surface area contributed by atoms with Gasteiger partial charge in [0.1, 0.15) is 17.3 Å². The van der Waals surface area contributed by atoms with E-state index in [4.69, 9.17) is 16.3 Å². The molecule has 1 saturated carbocycles. The summed E-state index contributed by atoms with van der Waals surface area (Å²) in [5.41, 5.74) is 2.13. The number of nitrogens with one attached hydrogen (secondary N) is 1. The molecule has 1 aliphatic heterocycles. The largest absolute Gasteiger partial charge is 0.489 e. The lowest BCUT2D eigenvalue weighted by Gasteiger charge is -2.30. The van der Waals surface area contributed by atoms with E-state index < -0.39 is 24.2 Å². The highest BCUT2D eigenvalue weighted by molar-refractivity contribution is 6.32. The van der Waals surface area contributed by atoms with Crippen LogP contribution in [-0.2, 0) is 0 Å². The monoisotopic (exact) mass is 539 g/mol. The molecule has 3 N–H and O–H groups in total. The van der Waals surface area contributed by atoms with Gasteiger partial charge in [0.05, 0.1) is 23.3 Å². The number of aliphatic hydroxyl groups excluding tert-OH is 2. The summed E-state index contributed by atoms with van der Waals surface area (Å²) in [5.74, 6) is -0.363. The molecule has 0 radical (unpaired) electrons. The van der Waals surface area contributed by atoms with Gasteiger partial charge in [-0.2, -0.15) is 0 Å². The molecule has 200 valence electrons. The first-order valence-corrected chi connectivity index (χ1v) is 13.3. The summed E-state index contributed by atoms with van der Waals surface area (Å²) in [6.45, 7) is 2.22. The third-order valence-electron chi connectivity index (χ3n) is 6.96. The maximum Gasteiger partial charge on any atom is 0.224 e. The summed E-state index contributed by atoms with van der Waals surface area (Å²) in [7, 11) is 0. The molecule has 2 aliphatic rings. The molecule has 1 unspecified atom stereocenters. The fourth-order valence-electron chi connectivity index (χ4n) is 4.65. The van der Waals surface area contributed by atoms with Gasteiger partial charge < -0.3 is 19.8 Å². The number of carbonyl (C=O) groups is 1. The fourth-order valence-corrected chi connectivity index (χ4v) is 4.89. The van der Waals surface area contributed by atoms with E-state index in [0.717, 1.165) is 49.9 Å². The van der Waals surface area contributed by atoms with Crippen LogP contribution in [0.4, 0.5) is 4.39 Å². The fraction of sp³-hybridized carbons (Fsp3) is 0.379. The first-order chi connectivity index (χ1) is 18.4. The second-order valence-corrected chi connectivity index (χ2v) is 10.3. The highest BCUT2D eigenvalue weighted by Gasteiger charge is 2.30. The average Bonchev–Trinajstić information content (AvgIpc) is 3.60. The van der Waals surface area contributed by atoms with Crippen molar-refractivity contribution in [2.45, 2.75) is 50.2 Å². The summed E-state index contributed by atoms with van der Waals surface area (Å²) in [6, 6.07) is 13.7. The van der Waals surface area contributed by atoms with Gasteiger partial charge in [-0.3, -0.25) is 15.1 Å². The number of halogens is 2. The molecule has 3 aromatic rings. The van der Waals surface area contributed by atoms with Crippen molar-refractivity contribution in [3.8, 4) is 16.9 Å². The molecular formula is C29H31ClFN3O4. The average molecular weight is 540 g/mol. The molecule has 2 heterocycles. The molecule has 9 heteroatoms. The Balaban J connectivity index is 1.29. The molecule has 7 nitrogen and oxygen atoms in total. The minimum absolute atomic E-state index is 0.0786. The lowest BCUT2D eigenvalue weighted by Crippen LogP contribution is -2.51. The van der Waals surface area contributed by atoms with Crippen molar-refractivity contribution in [3.05, 3.63) is 82.9 Å². The number of Topliss-reactive ketones (excluding diaryl/α,β-unsaturated/α-hetero) is 1. The third-order valence-corrected chi connectivity index (χ3v) is 7.26. The summed E-state index contributed by atoms with van der Waals surface area (Å²) in [5, 5.41) is 25.4. The van der Waals surface area contributed by atoms with Crippen LogP contribution in [0.15, 0.2) is 60.8 Å². The zero-order valence-corrected chi connectivity index (χ0v) is 21.6. The molecule has 0 spiro atoms. The smallest absolute Gasteiger partial charge is 0.224 e. The summed E-state index contributed by atoms with van der Waals surface area (Å²) in [4.78, 5) is 19.4. The standard InChI is InChI=1S/C29H31ClFN3O4/c30-23-15-19(6-12-26(23)38-22-9-10-22)27(35)25(17-34-13-1-2-14-34)33-29(37)28(36)24-11-5-20(16-32-24)18-3-7-21(31)8-4-18/h3-8,11-12,15-16,22,25,27,29,33,35,37H,1-2,9-10,13-14,17H2/t25-,27-,29?/m1/s1. The van der Waals surface area contributed by atoms with Crippen molar-refractivity contribution >= 4 is 17.4 Å². The van der Waals surface area contributed by atoms with Crippen molar-refractivity contribution in [2.24, 2.45) is 0 Å². The topological polar surface area (TPSA) is 94.9 Å². The van der Waals surface area contributed by atoms with E-state index in [9.17, 15) is 19.4 Å². The number of ether oxygens (including phenoxy) is 1. The van der Waals surface area contributed by atoms with Gasteiger partial charge in [0.25, 0.3) is 0 Å². The van der Waals surface area contributed by atoms with Crippen LogP contribution in [0.5, 0.6) is 5.75 Å². The third kappa shape index (κ3) is 6.57. The SMILES string of the molecule is O=C(c1ccc(-c2ccc(F)cc2)cn1)C(O)N[C@H](CN1CCCC1)[C@H](O)c1ccc(OC2CC2)c(Cl)c1. The van der Waals surface area contributed by atoms with E-state index in [1.54, 1.807) is 36.4 Å². The molecule has 5 rings (SSSR count). The Morgan fingerprint density at radius 1 is 1.08 bits per heavy atom. The Bertz CT molecular complexity index is 1250. The summed E-state index contributed by atoms with van der Waals surface area (Å²) >= 11 is 6.42. The van der Waals surface area contributed by atoms with Gasteiger partial charge >= 0.3 is 0 Å². The van der Waals surface area contributed by atoms with Crippen LogP contribution in [0.3, 0.4) is 0 Å². The molecule has 1 saturated heterocycles. The quantitative estimate of drug-likeness (QED) is 0.246. The van der Waals surface area contributed by atoms with Gasteiger partial charge in [-0.15, -0.1) is 0 Å². The van der Waals surface area contributed by atoms with Crippen LogP contribution in [0, 0.1) is 5.82 Å². The predicted molar refractivity (Wildman–Crippen MR) is 143 cm³/mol. The number of rotatable bonds is 11. The number of aliphatic hydroxyl groups is 2. The Morgan fingerprint density at radius 2 is 1.79 bits per heavy atom. The normalized spacial score (nSPS) is 18.2. The van der Waals surface area contributed by atoms with Crippen LogP contribution >= 0.6 is 11.6 Å². The maximum atomic E-state index is 13.2. The minimum Gasteiger partial charge on any atom is -0.489 e. The van der Waals surface area contributed by atoms with E-state index in [0.29, 0.717) is 22.9 Å². The van der Waals surface area contributed by atoms with Gasteiger partial charge in [0.2, 0.25) is 5.78 Å². The summed E-state index contributed by atoms with van der Waals surface area (Å²) < 4.78 is 19.0.